The first-order chi connectivity index (χ1) is 13.8. The van der Waals surface area contributed by atoms with Crippen molar-refractivity contribution in [3.8, 4) is 11.5 Å². The van der Waals surface area contributed by atoms with E-state index in [1.54, 1.807) is 6.08 Å². The number of benzene rings is 1. The normalized spacial score (nSPS) is 15.0. The fraction of sp³-hybridized carbons (Fsp3) is 0.476. The Morgan fingerprint density at radius 3 is 2.76 bits per heavy atom. The van der Waals surface area contributed by atoms with Crippen LogP contribution < -0.4 is 20.1 Å². The minimum atomic E-state index is -0.708. The molecule has 1 aromatic rings. The lowest BCUT2D eigenvalue weighted by molar-refractivity contribution is -0.143. The molecule has 0 fully saturated rings. The van der Waals surface area contributed by atoms with Gasteiger partial charge in [0.25, 0.3) is 5.91 Å². The number of hydrogen-bond acceptors (Lipinski definition) is 6. The van der Waals surface area contributed by atoms with Crippen LogP contribution in [0.3, 0.4) is 0 Å². The van der Waals surface area contributed by atoms with E-state index in [1.807, 2.05) is 39.8 Å². The molecule has 158 valence electrons. The maximum Gasteiger partial charge on any atom is 0.331 e. The maximum atomic E-state index is 11.9. The largest absolute Gasteiger partial charge is 0.493 e. The average molecular weight is 404 g/mol. The van der Waals surface area contributed by atoms with Crippen LogP contribution in [0.2, 0.25) is 0 Å². The van der Waals surface area contributed by atoms with Crippen LogP contribution in [0.4, 0.5) is 4.79 Å². The van der Waals surface area contributed by atoms with Crippen LogP contribution in [0, 0.1) is 5.92 Å². The summed E-state index contributed by atoms with van der Waals surface area (Å²) < 4.78 is 16.3. The second kappa shape index (κ2) is 10.5. The molecule has 0 radical (unpaired) electrons. The van der Waals surface area contributed by atoms with Crippen LogP contribution in [0.25, 0.3) is 6.08 Å². The molecule has 0 bridgehead atoms. The predicted molar refractivity (Wildman–Crippen MR) is 108 cm³/mol. The standard InChI is InChI=1S/C21H28N2O6/c1-5-27-17-10-16-8-14(4)29-18(16)9-15(17)6-7-20(25)28-12-19(24)23-21(26)22-11-13(2)3/h6-7,9-10,13-14H,5,8,11-12H2,1-4H3,(H2,22,23,24,26)/b7-6+/t14-/m0/s1. The number of rotatable bonds is 8. The summed E-state index contributed by atoms with van der Waals surface area (Å²) in [6.07, 6.45) is 3.66. The third kappa shape index (κ3) is 7.14. The third-order valence-corrected chi connectivity index (χ3v) is 4.00. The number of fused-ring (bicyclic) bond motifs is 1. The first-order valence-corrected chi connectivity index (χ1v) is 9.67. The van der Waals surface area contributed by atoms with Crippen LogP contribution >= 0.6 is 0 Å². The second-order valence-corrected chi connectivity index (χ2v) is 7.16. The SMILES string of the molecule is CCOc1cc2c(cc1/C=C/C(=O)OCC(=O)NC(=O)NCC(C)C)O[C@@H](C)C2. The van der Waals surface area contributed by atoms with E-state index >= 15 is 0 Å². The molecule has 0 saturated carbocycles. The molecule has 0 aliphatic carbocycles. The summed E-state index contributed by atoms with van der Waals surface area (Å²) in [7, 11) is 0. The van der Waals surface area contributed by atoms with E-state index in [2.05, 4.69) is 10.6 Å². The number of amides is 3. The molecule has 8 nitrogen and oxygen atoms in total. The highest BCUT2D eigenvalue weighted by Gasteiger charge is 2.21. The third-order valence-electron chi connectivity index (χ3n) is 4.00. The molecule has 1 heterocycles. The minimum Gasteiger partial charge on any atom is -0.493 e. The van der Waals surface area contributed by atoms with Gasteiger partial charge in [-0.05, 0) is 38.0 Å². The van der Waals surface area contributed by atoms with Gasteiger partial charge in [-0.15, -0.1) is 0 Å². The zero-order valence-corrected chi connectivity index (χ0v) is 17.2. The molecule has 1 aromatic carbocycles. The van der Waals surface area contributed by atoms with Gasteiger partial charge in [-0.1, -0.05) is 13.8 Å². The highest BCUT2D eigenvalue weighted by Crippen LogP contribution is 2.35. The molecular weight excluding hydrogens is 376 g/mol. The number of urea groups is 1. The van der Waals surface area contributed by atoms with Gasteiger partial charge in [0.15, 0.2) is 6.61 Å². The van der Waals surface area contributed by atoms with E-state index in [4.69, 9.17) is 14.2 Å². The smallest absolute Gasteiger partial charge is 0.331 e. The molecule has 1 aliphatic rings. The lowest BCUT2D eigenvalue weighted by atomic mass is 10.1. The number of ether oxygens (including phenoxy) is 3. The number of imide groups is 1. The fourth-order valence-corrected chi connectivity index (χ4v) is 2.71. The summed E-state index contributed by atoms with van der Waals surface area (Å²) >= 11 is 0. The van der Waals surface area contributed by atoms with Crippen molar-refractivity contribution in [3.63, 3.8) is 0 Å². The number of nitrogens with one attached hydrogen (secondary N) is 2. The average Bonchev–Trinajstić information content (AvgIpc) is 3.02. The van der Waals surface area contributed by atoms with Crippen molar-refractivity contribution < 1.29 is 28.6 Å². The van der Waals surface area contributed by atoms with Crippen molar-refractivity contribution in [1.82, 2.24) is 10.6 Å². The van der Waals surface area contributed by atoms with E-state index in [0.717, 1.165) is 17.7 Å². The van der Waals surface area contributed by atoms with Gasteiger partial charge in [-0.25, -0.2) is 9.59 Å². The van der Waals surface area contributed by atoms with Gasteiger partial charge < -0.3 is 19.5 Å². The summed E-state index contributed by atoms with van der Waals surface area (Å²) in [5, 5.41) is 4.63. The molecule has 2 rings (SSSR count). The summed E-state index contributed by atoms with van der Waals surface area (Å²) in [4.78, 5) is 35.1. The zero-order valence-electron chi connectivity index (χ0n) is 17.2. The van der Waals surface area contributed by atoms with Crippen LogP contribution in [-0.4, -0.2) is 43.8 Å². The number of hydrogen-bond donors (Lipinski definition) is 2. The van der Waals surface area contributed by atoms with Gasteiger partial charge in [0.1, 0.15) is 17.6 Å². The van der Waals surface area contributed by atoms with E-state index in [1.165, 1.54) is 6.08 Å². The Hall–Kier alpha value is -3.03. The minimum absolute atomic E-state index is 0.0972. The van der Waals surface area contributed by atoms with Gasteiger partial charge in [0.05, 0.1) is 6.61 Å². The molecule has 0 aromatic heterocycles. The Bertz CT molecular complexity index is 788. The first kappa shape index (κ1) is 22.3. The molecule has 0 spiro atoms. The Kier molecular flexibility index (Phi) is 8.06. The monoisotopic (exact) mass is 404 g/mol. The number of esters is 1. The fourth-order valence-electron chi connectivity index (χ4n) is 2.71. The molecule has 3 amide bonds. The van der Waals surface area contributed by atoms with Crippen LogP contribution in [-0.2, 0) is 20.7 Å². The number of carbonyl (C=O) groups is 3. The van der Waals surface area contributed by atoms with Crippen molar-refractivity contribution in [2.24, 2.45) is 5.92 Å². The van der Waals surface area contributed by atoms with Gasteiger partial charge in [0, 0.05) is 30.2 Å². The summed E-state index contributed by atoms with van der Waals surface area (Å²) in [6.45, 7) is 8.10. The molecule has 0 unspecified atom stereocenters. The Morgan fingerprint density at radius 1 is 1.31 bits per heavy atom. The van der Waals surface area contributed by atoms with Crippen molar-refractivity contribution in [1.29, 1.82) is 0 Å². The van der Waals surface area contributed by atoms with Gasteiger partial charge in [0.2, 0.25) is 0 Å². The van der Waals surface area contributed by atoms with Crippen LogP contribution in [0.1, 0.15) is 38.8 Å². The maximum absolute atomic E-state index is 11.9. The highest BCUT2D eigenvalue weighted by atomic mass is 16.5. The second-order valence-electron chi connectivity index (χ2n) is 7.16. The Labute approximate surface area is 170 Å². The van der Waals surface area contributed by atoms with E-state index in [0.29, 0.717) is 24.5 Å². The topological polar surface area (TPSA) is 103 Å². The molecule has 1 aliphatic heterocycles. The zero-order chi connectivity index (χ0) is 21.4. The summed E-state index contributed by atoms with van der Waals surface area (Å²) in [5.41, 5.74) is 1.74. The summed E-state index contributed by atoms with van der Waals surface area (Å²) in [6, 6.07) is 3.11. The lowest BCUT2D eigenvalue weighted by Crippen LogP contribution is -2.42. The van der Waals surface area contributed by atoms with Crippen molar-refractivity contribution in [2.45, 2.75) is 40.2 Å². The predicted octanol–water partition coefficient (Wildman–Crippen LogP) is 2.45. The first-order valence-electron chi connectivity index (χ1n) is 9.67. The van der Waals surface area contributed by atoms with Crippen molar-refractivity contribution >= 4 is 24.0 Å². The van der Waals surface area contributed by atoms with E-state index in [9.17, 15) is 14.4 Å². The highest BCUT2D eigenvalue weighted by molar-refractivity contribution is 5.96. The van der Waals surface area contributed by atoms with Crippen LogP contribution in [0.5, 0.6) is 11.5 Å². The van der Waals surface area contributed by atoms with Gasteiger partial charge in [-0.3, -0.25) is 10.1 Å². The Morgan fingerprint density at radius 2 is 2.07 bits per heavy atom. The molecule has 2 N–H and O–H groups in total. The van der Waals surface area contributed by atoms with Crippen molar-refractivity contribution in [3.05, 3.63) is 29.3 Å². The molecule has 8 heteroatoms. The van der Waals surface area contributed by atoms with Crippen molar-refractivity contribution in [2.75, 3.05) is 19.8 Å². The van der Waals surface area contributed by atoms with E-state index < -0.39 is 24.5 Å². The van der Waals surface area contributed by atoms with E-state index in [-0.39, 0.29) is 12.0 Å². The Balaban J connectivity index is 1.89. The lowest BCUT2D eigenvalue weighted by Gasteiger charge is -2.10. The van der Waals surface area contributed by atoms with Gasteiger partial charge in [-0.2, -0.15) is 0 Å². The number of carbonyl (C=O) groups excluding carboxylic acids is 3. The molecule has 0 saturated heterocycles. The van der Waals surface area contributed by atoms with Gasteiger partial charge >= 0.3 is 12.0 Å². The van der Waals surface area contributed by atoms with Crippen LogP contribution in [0.15, 0.2) is 18.2 Å². The quantitative estimate of drug-likeness (QED) is 0.510. The molecule has 1 atom stereocenters. The molecule has 29 heavy (non-hydrogen) atoms. The molecular formula is C21H28N2O6. The summed E-state index contributed by atoms with van der Waals surface area (Å²) in [5.74, 6) is 0.254.